The molecule has 6 nitrogen and oxygen atoms in total. The number of urea groups is 1. The first-order chi connectivity index (χ1) is 13.1. The van der Waals surface area contributed by atoms with E-state index in [0.717, 1.165) is 51.3 Å². The molecule has 0 bridgehead atoms. The fourth-order valence-electron chi connectivity index (χ4n) is 4.81. The Labute approximate surface area is 161 Å². The molecule has 27 heavy (non-hydrogen) atoms. The van der Waals surface area contributed by atoms with E-state index in [0.29, 0.717) is 12.6 Å². The van der Waals surface area contributed by atoms with E-state index in [1.165, 1.54) is 12.0 Å². The second kappa shape index (κ2) is 7.68. The van der Waals surface area contributed by atoms with Crippen LogP contribution in [-0.2, 0) is 10.2 Å². The lowest BCUT2D eigenvalue weighted by atomic mass is 9.64. The zero-order valence-corrected chi connectivity index (χ0v) is 16.4. The van der Waals surface area contributed by atoms with Gasteiger partial charge in [-0.2, -0.15) is 0 Å². The van der Waals surface area contributed by atoms with Crippen LogP contribution in [0.3, 0.4) is 0 Å². The van der Waals surface area contributed by atoms with Gasteiger partial charge in [0, 0.05) is 37.2 Å². The molecular formula is C21H31N3O3. The van der Waals surface area contributed by atoms with Gasteiger partial charge < -0.3 is 19.7 Å². The third-order valence-electron chi connectivity index (χ3n) is 6.72. The molecule has 148 valence electrons. The molecule has 0 spiro atoms. The minimum absolute atomic E-state index is 0.00528. The van der Waals surface area contributed by atoms with E-state index in [1.54, 1.807) is 7.11 Å². The van der Waals surface area contributed by atoms with Gasteiger partial charge in [0.15, 0.2) is 0 Å². The van der Waals surface area contributed by atoms with Crippen molar-refractivity contribution in [2.75, 3.05) is 46.9 Å². The highest BCUT2D eigenvalue weighted by atomic mass is 16.5. The number of likely N-dealkylation sites (tertiary alicyclic amines) is 1. The predicted molar refractivity (Wildman–Crippen MR) is 104 cm³/mol. The Kier molecular flexibility index (Phi) is 5.28. The summed E-state index contributed by atoms with van der Waals surface area (Å²) in [5.74, 6) is 0.924. The Morgan fingerprint density at radius 1 is 1.33 bits per heavy atom. The van der Waals surface area contributed by atoms with Crippen molar-refractivity contribution in [3.8, 4) is 5.75 Å². The molecule has 2 heterocycles. The number of morpholine rings is 1. The van der Waals surface area contributed by atoms with Crippen molar-refractivity contribution >= 4 is 6.03 Å². The average molecular weight is 373 g/mol. The molecule has 3 aliphatic rings. The molecule has 1 saturated carbocycles. The average Bonchev–Trinajstić information content (AvgIpc) is 2.67. The summed E-state index contributed by atoms with van der Waals surface area (Å²) in [6.45, 7) is 3.92. The van der Waals surface area contributed by atoms with Crippen LogP contribution >= 0.6 is 0 Å². The summed E-state index contributed by atoms with van der Waals surface area (Å²) in [5.41, 5.74) is 1.23. The fourth-order valence-corrected chi connectivity index (χ4v) is 4.81. The van der Waals surface area contributed by atoms with Crippen molar-refractivity contribution < 1.29 is 14.3 Å². The smallest absolute Gasteiger partial charge is 0.317 e. The Hall–Kier alpha value is -1.79. The highest BCUT2D eigenvalue weighted by Crippen LogP contribution is 2.46. The Balaban J connectivity index is 1.40. The molecule has 1 aliphatic carbocycles. The van der Waals surface area contributed by atoms with Gasteiger partial charge in [-0.3, -0.25) is 4.90 Å². The maximum Gasteiger partial charge on any atom is 0.317 e. The topological polar surface area (TPSA) is 54.0 Å². The molecule has 1 N–H and O–H groups in total. The van der Waals surface area contributed by atoms with E-state index in [4.69, 9.17) is 9.47 Å². The van der Waals surface area contributed by atoms with Crippen molar-refractivity contribution in [3.05, 3.63) is 29.8 Å². The normalized spacial score (nSPS) is 27.4. The molecule has 0 radical (unpaired) electrons. The van der Waals surface area contributed by atoms with Gasteiger partial charge in [-0.25, -0.2) is 4.79 Å². The Bertz CT molecular complexity index is 676. The molecule has 3 fully saturated rings. The summed E-state index contributed by atoms with van der Waals surface area (Å²) in [6, 6.07) is 8.58. The maximum absolute atomic E-state index is 12.9. The molecule has 1 aromatic rings. The number of likely N-dealkylation sites (N-methyl/N-ethyl adjacent to an activating group) is 1. The number of nitrogens with one attached hydrogen (secondary N) is 1. The molecule has 0 aromatic heterocycles. The number of carbonyl (C=O) groups excluding carboxylic acids is 1. The van der Waals surface area contributed by atoms with Gasteiger partial charge in [0.25, 0.3) is 0 Å². The van der Waals surface area contributed by atoms with Crippen LogP contribution in [0.15, 0.2) is 24.3 Å². The van der Waals surface area contributed by atoms with Crippen molar-refractivity contribution in [2.45, 2.75) is 43.2 Å². The molecule has 6 heteroatoms. The monoisotopic (exact) mass is 373 g/mol. The molecule has 2 saturated heterocycles. The van der Waals surface area contributed by atoms with Gasteiger partial charge in [0.2, 0.25) is 0 Å². The number of fused-ring (bicyclic) bond motifs is 1. The van der Waals surface area contributed by atoms with Crippen LogP contribution in [0.25, 0.3) is 0 Å². The maximum atomic E-state index is 12.9. The fraction of sp³-hybridized carbons (Fsp3) is 0.667. The Morgan fingerprint density at radius 2 is 2.15 bits per heavy atom. The number of benzene rings is 1. The lowest BCUT2D eigenvalue weighted by Gasteiger charge is -2.46. The molecule has 4 rings (SSSR count). The summed E-state index contributed by atoms with van der Waals surface area (Å²) in [6.07, 6.45) is 4.56. The van der Waals surface area contributed by atoms with E-state index in [2.05, 4.69) is 29.4 Å². The minimum atomic E-state index is 0.00528. The second-order valence-corrected chi connectivity index (χ2v) is 8.18. The van der Waals surface area contributed by atoms with E-state index >= 15 is 0 Å². The van der Waals surface area contributed by atoms with Gasteiger partial charge in [-0.1, -0.05) is 24.6 Å². The summed E-state index contributed by atoms with van der Waals surface area (Å²) < 4.78 is 11.5. The molecular weight excluding hydrogens is 342 g/mol. The number of ether oxygens (including phenoxy) is 2. The van der Waals surface area contributed by atoms with Gasteiger partial charge >= 0.3 is 6.03 Å². The standard InChI is InChI=1S/C21H31N3O3/c1-23-12-13-27-19-8-11-24(14-17(19)23)20(25)22-15-21(9-5-10-21)16-6-3-4-7-18(16)26-2/h3-4,6-7,17,19H,5,8-15H2,1-2H3,(H,22,25)/t17-,19-/m0/s1. The van der Waals surface area contributed by atoms with Gasteiger partial charge in [-0.05, 0) is 32.4 Å². The first kappa shape index (κ1) is 18.6. The molecule has 1 aromatic carbocycles. The SMILES string of the molecule is COc1ccccc1C1(CNC(=O)N2CC[C@@H]3OCCN(C)[C@H]3C2)CCC1. The highest BCUT2D eigenvalue weighted by molar-refractivity contribution is 5.74. The van der Waals surface area contributed by atoms with E-state index < -0.39 is 0 Å². The predicted octanol–water partition coefficient (Wildman–Crippen LogP) is 2.23. The van der Waals surface area contributed by atoms with Gasteiger partial charge in [0.1, 0.15) is 5.75 Å². The number of hydrogen-bond acceptors (Lipinski definition) is 4. The van der Waals surface area contributed by atoms with Crippen LogP contribution < -0.4 is 10.1 Å². The van der Waals surface area contributed by atoms with Crippen LogP contribution in [0.1, 0.15) is 31.2 Å². The Morgan fingerprint density at radius 3 is 2.89 bits per heavy atom. The van der Waals surface area contributed by atoms with Crippen LogP contribution in [-0.4, -0.2) is 74.9 Å². The number of amides is 2. The summed E-state index contributed by atoms with van der Waals surface area (Å²) in [4.78, 5) is 17.2. The minimum Gasteiger partial charge on any atom is -0.496 e. The first-order valence-electron chi connectivity index (χ1n) is 10.1. The van der Waals surface area contributed by atoms with Crippen LogP contribution in [0.4, 0.5) is 4.79 Å². The van der Waals surface area contributed by atoms with Crippen LogP contribution in [0.2, 0.25) is 0 Å². The van der Waals surface area contributed by atoms with E-state index in [9.17, 15) is 4.79 Å². The number of para-hydroxylation sites is 1. The molecule has 2 atom stereocenters. The molecule has 0 unspecified atom stereocenters. The lowest BCUT2D eigenvalue weighted by Crippen LogP contribution is -2.61. The third kappa shape index (κ3) is 3.52. The zero-order chi connectivity index (χ0) is 18.9. The summed E-state index contributed by atoms with van der Waals surface area (Å²) in [7, 11) is 3.85. The number of hydrogen-bond donors (Lipinski definition) is 1. The number of carbonyl (C=O) groups is 1. The highest BCUT2D eigenvalue weighted by Gasteiger charge is 2.42. The van der Waals surface area contributed by atoms with Crippen molar-refractivity contribution in [3.63, 3.8) is 0 Å². The summed E-state index contributed by atoms with van der Waals surface area (Å²) >= 11 is 0. The largest absolute Gasteiger partial charge is 0.496 e. The number of rotatable bonds is 4. The second-order valence-electron chi connectivity index (χ2n) is 8.18. The lowest BCUT2D eigenvalue weighted by molar-refractivity contribution is -0.0882. The third-order valence-corrected chi connectivity index (χ3v) is 6.72. The molecule has 2 amide bonds. The van der Waals surface area contributed by atoms with Crippen molar-refractivity contribution in [1.29, 1.82) is 0 Å². The van der Waals surface area contributed by atoms with Crippen molar-refractivity contribution in [2.24, 2.45) is 0 Å². The quantitative estimate of drug-likeness (QED) is 0.879. The van der Waals surface area contributed by atoms with Crippen LogP contribution in [0, 0.1) is 0 Å². The van der Waals surface area contributed by atoms with Gasteiger partial charge in [0.05, 0.1) is 25.9 Å². The number of nitrogens with zero attached hydrogens (tertiary/aromatic N) is 2. The van der Waals surface area contributed by atoms with Crippen molar-refractivity contribution in [1.82, 2.24) is 15.1 Å². The summed E-state index contributed by atoms with van der Waals surface area (Å²) in [5, 5.41) is 3.23. The van der Waals surface area contributed by atoms with E-state index in [1.807, 2.05) is 17.0 Å². The zero-order valence-electron chi connectivity index (χ0n) is 16.4. The number of methoxy groups -OCH3 is 1. The first-order valence-corrected chi connectivity index (χ1v) is 10.1. The molecule has 2 aliphatic heterocycles. The van der Waals surface area contributed by atoms with Gasteiger partial charge in [-0.15, -0.1) is 0 Å². The van der Waals surface area contributed by atoms with Crippen LogP contribution in [0.5, 0.6) is 5.75 Å². The van der Waals surface area contributed by atoms with E-state index in [-0.39, 0.29) is 17.6 Å². The number of piperidine rings is 1.